The fourth-order valence-corrected chi connectivity index (χ4v) is 1.35. The highest BCUT2D eigenvalue weighted by Crippen LogP contribution is 1.95. The maximum absolute atomic E-state index is 11.4. The minimum Gasteiger partial charge on any atom is -0.480 e. The molecule has 18 heavy (non-hydrogen) atoms. The van der Waals surface area contributed by atoms with E-state index in [1.807, 2.05) is 0 Å². The van der Waals surface area contributed by atoms with Gasteiger partial charge in [0.1, 0.15) is 6.04 Å². The Morgan fingerprint density at radius 1 is 1.39 bits per heavy atom. The molecule has 0 saturated heterocycles. The number of methoxy groups -OCH3 is 1. The Morgan fingerprint density at radius 3 is 2.67 bits per heavy atom. The van der Waals surface area contributed by atoms with Gasteiger partial charge in [0.2, 0.25) is 0 Å². The van der Waals surface area contributed by atoms with E-state index in [1.165, 1.54) is 6.08 Å². The predicted octanol–water partition coefficient (Wildman–Crippen LogP) is 1.13. The van der Waals surface area contributed by atoms with Crippen LogP contribution in [0, 0.1) is 0 Å². The maximum atomic E-state index is 11.4. The van der Waals surface area contributed by atoms with Crippen molar-refractivity contribution in [3.63, 3.8) is 0 Å². The second-order valence-corrected chi connectivity index (χ2v) is 3.87. The van der Waals surface area contributed by atoms with E-state index in [2.05, 4.69) is 17.2 Å². The van der Waals surface area contributed by atoms with Gasteiger partial charge in [-0.05, 0) is 25.7 Å². The summed E-state index contributed by atoms with van der Waals surface area (Å²) in [6.07, 6.45) is 4.42. The summed E-state index contributed by atoms with van der Waals surface area (Å²) in [4.78, 5) is 22.1. The number of carbonyl (C=O) groups is 2. The lowest BCUT2D eigenvalue weighted by Gasteiger charge is -2.13. The first kappa shape index (κ1) is 16.4. The number of hydrogen-bond donors (Lipinski definition) is 3. The highest BCUT2D eigenvalue weighted by atomic mass is 16.5. The minimum absolute atomic E-state index is 0.205. The Labute approximate surface area is 107 Å². The first-order valence-electron chi connectivity index (χ1n) is 5.98. The molecule has 0 aromatic carbocycles. The zero-order chi connectivity index (χ0) is 13.8. The quantitative estimate of drug-likeness (QED) is 0.405. The third-order valence-corrected chi connectivity index (χ3v) is 2.32. The number of amides is 2. The van der Waals surface area contributed by atoms with Gasteiger partial charge in [0.05, 0.1) is 0 Å². The molecule has 0 aromatic heterocycles. The van der Waals surface area contributed by atoms with Crippen molar-refractivity contribution in [3.05, 3.63) is 12.7 Å². The first-order chi connectivity index (χ1) is 8.61. The van der Waals surface area contributed by atoms with Crippen molar-refractivity contribution in [3.8, 4) is 0 Å². The van der Waals surface area contributed by atoms with Crippen LogP contribution in [-0.4, -0.2) is 43.4 Å². The topological polar surface area (TPSA) is 87.7 Å². The Morgan fingerprint density at radius 2 is 2.11 bits per heavy atom. The van der Waals surface area contributed by atoms with E-state index in [9.17, 15) is 9.59 Å². The third-order valence-electron chi connectivity index (χ3n) is 2.32. The van der Waals surface area contributed by atoms with Crippen LogP contribution in [0.25, 0.3) is 0 Å². The van der Waals surface area contributed by atoms with Crippen molar-refractivity contribution in [2.24, 2.45) is 0 Å². The lowest BCUT2D eigenvalue weighted by molar-refractivity contribution is -0.139. The van der Waals surface area contributed by atoms with Crippen LogP contribution in [0.5, 0.6) is 0 Å². The Kier molecular flexibility index (Phi) is 9.67. The van der Waals surface area contributed by atoms with Crippen LogP contribution in [0.4, 0.5) is 4.79 Å². The Hall–Kier alpha value is -1.56. The highest BCUT2D eigenvalue weighted by Gasteiger charge is 2.17. The van der Waals surface area contributed by atoms with Crippen molar-refractivity contribution in [2.45, 2.75) is 31.7 Å². The van der Waals surface area contributed by atoms with Gasteiger partial charge >= 0.3 is 12.0 Å². The maximum Gasteiger partial charge on any atom is 0.326 e. The molecule has 6 heteroatoms. The Bertz CT molecular complexity index is 269. The predicted molar refractivity (Wildman–Crippen MR) is 68.5 cm³/mol. The summed E-state index contributed by atoms with van der Waals surface area (Å²) in [5.41, 5.74) is 0. The monoisotopic (exact) mass is 258 g/mol. The molecular weight excluding hydrogens is 236 g/mol. The Balaban J connectivity index is 3.68. The van der Waals surface area contributed by atoms with Gasteiger partial charge in [-0.1, -0.05) is 6.08 Å². The zero-order valence-corrected chi connectivity index (χ0v) is 10.8. The molecular formula is C12H22N2O4. The summed E-state index contributed by atoms with van der Waals surface area (Å²) in [5.74, 6) is -1.06. The largest absolute Gasteiger partial charge is 0.480 e. The number of hydrogen-bond acceptors (Lipinski definition) is 3. The fraction of sp³-hybridized carbons (Fsp3) is 0.667. The van der Waals surface area contributed by atoms with E-state index in [-0.39, 0.29) is 6.42 Å². The molecule has 3 N–H and O–H groups in total. The molecule has 0 spiro atoms. The van der Waals surface area contributed by atoms with Gasteiger partial charge in [-0.25, -0.2) is 9.59 Å². The van der Waals surface area contributed by atoms with Gasteiger partial charge < -0.3 is 20.5 Å². The van der Waals surface area contributed by atoms with Crippen molar-refractivity contribution >= 4 is 12.0 Å². The second-order valence-electron chi connectivity index (χ2n) is 3.87. The molecule has 0 aliphatic rings. The first-order valence-corrected chi connectivity index (χ1v) is 5.98. The van der Waals surface area contributed by atoms with Gasteiger partial charge in [0.25, 0.3) is 0 Å². The fourth-order valence-electron chi connectivity index (χ4n) is 1.35. The van der Waals surface area contributed by atoms with E-state index in [4.69, 9.17) is 9.84 Å². The molecule has 104 valence electrons. The smallest absolute Gasteiger partial charge is 0.326 e. The molecule has 0 aromatic rings. The van der Waals surface area contributed by atoms with E-state index in [0.29, 0.717) is 13.2 Å². The van der Waals surface area contributed by atoms with Crippen molar-refractivity contribution in [1.29, 1.82) is 0 Å². The molecule has 1 unspecified atom stereocenters. The normalized spacial score (nSPS) is 11.6. The van der Waals surface area contributed by atoms with Gasteiger partial charge in [0.15, 0.2) is 0 Å². The standard InChI is InChI=1S/C12H22N2O4/c1-3-7-10(11(15)16)14-12(17)13-8-5-4-6-9-18-2/h3,10H,1,4-9H2,2H3,(H,15,16)(H2,13,14,17). The summed E-state index contributed by atoms with van der Waals surface area (Å²) >= 11 is 0. The molecule has 1 atom stereocenters. The molecule has 0 radical (unpaired) electrons. The minimum atomic E-state index is -1.06. The van der Waals surface area contributed by atoms with E-state index < -0.39 is 18.0 Å². The van der Waals surface area contributed by atoms with E-state index >= 15 is 0 Å². The van der Waals surface area contributed by atoms with Crippen LogP contribution >= 0.6 is 0 Å². The van der Waals surface area contributed by atoms with Crippen molar-refractivity contribution in [1.82, 2.24) is 10.6 Å². The van der Waals surface area contributed by atoms with Gasteiger partial charge in [0, 0.05) is 20.3 Å². The molecule has 0 bridgehead atoms. The van der Waals surface area contributed by atoms with Crippen molar-refractivity contribution < 1.29 is 19.4 Å². The number of nitrogens with one attached hydrogen (secondary N) is 2. The number of ether oxygens (including phenoxy) is 1. The molecule has 0 rings (SSSR count). The summed E-state index contributed by atoms with van der Waals surface area (Å²) in [6, 6.07) is -1.38. The van der Waals surface area contributed by atoms with Gasteiger partial charge in [-0.3, -0.25) is 0 Å². The lowest BCUT2D eigenvalue weighted by atomic mass is 10.2. The SMILES string of the molecule is C=CCC(NC(=O)NCCCCCOC)C(=O)O. The van der Waals surface area contributed by atoms with Crippen molar-refractivity contribution in [2.75, 3.05) is 20.3 Å². The van der Waals surface area contributed by atoms with Crippen LogP contribution in [0.1, 0.15) is 25.7 Å². The average molecular weight is 258 g/mol. The molecule has 0 saturated carbocycles. The summed E-state index contributed by atoms with van der Waals surface area (Å²) in [6.45, 7) is 4.69. The number of carboxylic acids is 1. The molecule has 2 amide bonds. The number of carboxylic acid groups (broad SMARTS) is 1. The molecule has 0 aliphatic heterocycles. The highest BCUT2D eigenvalue weighted by molar-refractivity contribution is 5.82. The molecule has 6 nitrogen and oxygen atoms in total. The zero-order valence-electron chi connectivity index (χ0n) is 10.8. The number of unbranched alkanes of at least 4 members (excludes halogenated alkanes) is 2. The average Bonchev–Trinajstić information content (AvgIpc) is 2.33. The molecule has 0 heterocycles. The summed E-state index contributed by atoms with van der Waals surface area (Å²) < 4.78 is 4.90. The molecule has 0 fully saturated rings. The van der Waals surface area contributed by atoms with Crippen LogP contribution in [0.15, 0.2) is 12.7 Å². The van der Waals surface area contributed by atoms with Gasteiger partial charge in [-0.2, -0.15) is 0 Å². The summed E-state index contributed by atoms with van der Waals surface area (Å²) in [7, 11) is 1.65. The van der Waals surface area contributed by atoms with Crippen LogP contribution in [0.2, 0.25) is 0 Å². The van der Waals surface area contributed by atoms with E-state index in [0.717, 1.165) is 19.3 Å². The van der Waals surface area contributed by atoms with E-state index in [1.54, 1.807) is 7.11 Å². The van der Waals surface area contributed by atoms with Gasteiger partial charge in [-0.15, -0.1) is 6.58 Å². The van der Waals surface area contributed by atoms with Crippen LogP contribution < -0.4 is 10.6 Å². The number of rotatable bonds is 10. The number of urea groups is 1. The lowest BCUT2D eigenvalue weighted by Crippen LogP contribution is -2.45. The number of aliphatic carboxylic acids is 1. The van der Waals surface area contributed by atoms with Crippen LogP contribution in [0.3, 0.4) is 0 Å². The third kappa shape index (κ3) is 8.58. The summed E-state index contributed by atoms with van der Waals surface area (Å²) in [5, 5.41) is 13.8. The molecule has 0 aliphatic carbocycles. The second kappa shape index (κ2) is 10.6. The van der Waals surface area contributed by atoms with Crippen LogP contribution in [-0.2, 0) is 9.53 Å². The number of carbonyl (C=O) groups excluding carboxylic acids is 1.